The summed E-state index contributed by atoms with van der Waals surface area (Å²) in [6, 6.07) is 12.3. The van der Waals surface area contributed by atoms with E-state index < -0.39 is 17.7 Å². The van der Waals surface area contributed by atoms with Crippen LogP contribution < -0.4 is 14.8 Å². The second-order valence-corrected chi connectivity index (χ2v) is 8.63. The molecule has 2 aliphatic rings. The zero-order valence-electron chi connectivity index (χ0n) is 17.7. The molecule has 0 atom stereocenters. The lowest BCUT2D eigenvalue weighted by atomic mass is 9.94. The van der Waals surface area contributed by atoms with E-state index in [2.05, 4.69) is 19.8 Å². The second kappa shape index (κ2) is 7.66. The number of carboxylic acid groups (broad SMARTS) is 1. The fourth-order valence-electron chi connectivity index (χ4n) is 3.98. The van der Waals surface area contributed by atoms with Gasteiger partial charge in [-0.3, -0.25) is 4.79 Å². The van der Waals surface area contributed by atoms with Gasteiger partial charge in [-0.05, 0) is 61.2 Å². The van der Waals surface area contributed by atoms with Crippen molar-refractivity contribution in [2.24, 2.45) is 0 Å². The van der Waals surface area contributed by atoms with Crippen molar-refractivity contribution in [3.8, 4) is 22.8 Å². The number of carbonyl (C=O) groups excluding carboxylic acids is 1. The van der Waals surface area contributed by atoms with Crippen LogP contribution in [0.1, 0.15) is 37.2 Å². The molecule has 1 amide bonds. The van der Waals surface area contributed by atoms with Crippen LogP contribution >= 0.6 is 11.6 Å². The number of ether oxygens (including phenoxy) is 2. The van der Waals surface area contributed by atoms with Gasteiger partial charge in [-0.2, -0.15) is 0 Å². The van der Waals surface area contributed by atoms with E-state index in [1.54, 1.807) is 24.3 Å². The van der Waals surface area contributed by atoms with Crippen LogP contribution in [0.2, 0.25) is 5.02 Å². The molecule has 178 valence electrons. The number of hydrogen-bond acceptors (Lipinski definition) is 5. The fraction of sp³-hybridized carbons (Fsp3) is 0.208. The fourth-order valence-corrected chi connectivity index (χ4v) is 4.18. The number of anilines is 1. The molecule has 34 heavy (non-hydrogen) atoms. The van der Waals surface area contributed by atoms with Gasteiger partial charge >= 0.3 is 12.3 Å². The number of aromatic nitrogens is 1. The number of fused-ring (bicyclic) bond motifs is 1. The van der Waals surface area contributed by atoms with Gasteiger partial charge in [0.1, 0.15) is 5.82 Å². The van der Waals surface area contributed by atoms with Crippen molar-refractivity contribution in [2.45, 2.75) is 31.5 Å². The smallest absolute Gasteiger partial charge is 0.478 e. The first-order valence-electron chi connectivity index (χ1n) is 10.3. The molecular formula is C24H21ClF2N2O5. The van der Waals surface area contributed by atoms with E-state index in [0.29, 0.717) is 29.7 Å². The number of carbonyl (C=O) groups is 2. The topological polar surface area (TPSA) is 97.8 Å². The summed E-state index contributed by atoms with van der Waals surface area (Å²) < 4.78 is 35.7. The maximum Gasteiger partial charge on any atom is 0.586 e. The van der Waals surface area contributed by atoms with Crippen molar-refractivity contribution >= 4 is 29.3 Å². The van der Waals surface area contributed by atoms with Crippen LogP contribution in [-0.4, -0.2) is 28.3 Å². The molecule has 0 saturated heterocycles. The number of nitrogens with one attached hydrogen (secondary N) is 1. The number of hydrogen-bond donors (Lipinski definition) is 2. The van der Waals surface area contributed by atoms with E-state index in [-0.39, 0.29) is 36.7 Å². The summed E-state index contributed by atoms with van der Waals surface area (Å²) in [6.07, 6.45) is -2.66. The van der Waals surface area contributed by atoms with Crippen LogP contribution in [0.15, 0.2) is 48.5 Å². The molecule has 1 aromatic heterocycles. The predicted octanol–water partition coefficient (Wildman–Crippen LogP) is 5.89. The third-order valence-electron chi connectivity index (χ3n) is 5.95. The number of carboxylic acids is 1. The normalized spacial score (nSPS) is 16.7. The van der Waals surface area contributed by atoms with Gasteiger partial charge in [0.25, 0.3) is 0 Å². The summed E-state index contributed by atoms with van der Waals surface area (Å²) in [4.78, 5) is 29.1. The van der Waals surface area contributed by atoms with Crippen molar-refractivity contribution in [1.82, 2.24) is 4.98 Å². The Morgan fingerprint density at radius 2 is 1.82 bits per heavy atom. The van der Waals surface area contributed by atoms with Crippen LogP contribution in [0, 0.1) is 6.92 Å². The number of amides is 1. The molecule has 0 unspecified atom stereocenters. The first-order chi connectivity index (χ1) is 16.1. The lowest BCUT2D eigenvalue weighted by molar-refractivity contribution is -0.286. The maximum atomic E-state index is 13.4. The van der Waals surface area contributed by atoms with Gasteiger partial charge in [0.15, 0.2) is 11.5 Å². The Hall–Kier alpha value is -3.72. The Labute approximate surface area is 200 Å². The maximum absolute atomic E-state index is 13.4. The number of halogens is 3. The van der Waals surface area contributed by atoms with E-state index in [0.717, 1.165) is 5.56 Å². The molecule has 1 fully saturated rings. The largest absolute Gasteiger partial charge is 0.586 e. The lowest BCUT2D eigenvalue weighted by Crippen LogP contribution is -2.28. The highest BCUT2D eigenvalue weighted by Gasteiger charge is 2.53. The Bertz CT molecular complexity index is 1370. The van der Waals surface area contributed by atoms with Crippen molar-refractivity contribution in [3.63, 3.8) is 0 Å². The van der Waals surface area contributed by atoms with Crippen molar-refractivity contribution < 1.29 is 35.8 Å². The molecule has 7 nitrogen and oxygen atoms in total. The van der Waals surface area contributed by atoms with Gasteiger partial charge in [-0.25, -0.2) is 9.78 Å². The van der Waals surface area contributed by atoms with Crippen molar-refractivity contribution in [1.29, 1.82) is 0 Å². The predicted molar refractivity (Wildman–Crippen MR) is 123 cm³/mol. The van der Waals surface area contributed by atoms with Crippen LogP contribution in [0.25, 0.3) is 11.3 Å². The SMILES string of the molecule is Cc1ccc(NC(=O)C2(c3ccc4c(c3)OC(F)(F)O4)CC2)nc1-c1ccc(Cl)c(C(=O)O)c1.[HH].[HH]. The van der Waals surface area contributed by atoms with E-state index in [9.17, 15) is 23.5 Å². The number of benzene rings is 2. The molecule has 1 saturated carbocycles. The standard InChI is InChI=1S/C24H17ClF2N2O5.2H2/c1-12-2-7-19(28-20(12)13-3-5-16(25)15(10-13)21(30)31)29-22(32)23(8-9-23)14-4-6-17-18(11-14)34-24(26,27)33-17;;/h2-7,10-11H,8-9H2,1H3,(H,30,31)(H,28,29,32);2*1H. The molecule has 2 N–H and O–H groups in total. The van der Waals surface area contributed by atoms with Gasteiger partial charge in [0, 0.05) is 8.42 Å². The third-order valence-corrected chi connectivity index (χ3v) is 6.28. The van der Waals surface area contributed by atoms with Gasteiger partial charge < -0.3 is 19.9 Å². The molecule has 5 rings (SSSR count). The van der Waals surface area contributed by atoms with Gasteiger partial charge in [0.05, 0.1) is 21.7 Å². The average Bonchev–Trinajstić information content (AvgIpc) is 3.52. The minimum Gasteiger partial charge on any atom is -0.478 e. The Morgan fingerprint density at radius 1 is 1.09 bits per heavy atom. The van der Waals surface area contributed by atoms with Gasteiger partial charge in [0.2, 0.25) is 5.91 Å². The number of pyridine rings is 1. The molecule has 0 spiro atoms. The van der Waals surface area contributed by atoms with Crippen LogP contribution in [0.3, 0.4) is 0 Å². The van der Waals surface area contributed by atoms with Crippen LogP contribution in [0.5, 0.6) is 11.5 Å². The molecule has 2 aromatic carbocycles. The molecular weight excluding hydrogens is 470 g/mol. The summed E-state index contributed by atoms with van der Waals surface area (Å²) in [7, 11) is 0. The van der Waals surface area contributed by atoms with Crippen LogP contribution in [-0.2, 0) is 10.2 Å². The summed E-state index contributed by atoms with van der Waals surface area (Å²) >= 11 is 5.97. The zero-order chi connectivity index (χ0) is 24.3. The minimum absolute atomic E-state index is 0. The summed E-state index contributed by atoms with van der Waals surface area (Å²) in [5.41, 5.74) is 1.40. The summed E-state index contributed by atoms with van der Waals surface area (Å²) in [6.45, 7) is 1.81. The van der Waals surface area contributed by atoms with E-state index in [1.807, 2.05) is 6.92 Å². The van der Waals surface area contributed by atoms with Crippen molar-refractivity contribution in [2.75, 3.05) is 5.32 Å². The Morgan fingerprint density at radius 3 is 2.53 bits per heavy atom. The number of aryl methyl sites for hydroxylation is 1. The molecule has 3 aromatic rings. The average molecular weight is 491 g/mol. The highest BCUT2D eigenvalue weighted by Crippen LogP contribution is 2.52. The number of rotatable bonds is 5. The minimum atomic E-state index is -3.73. The van der Waals surface area contributed by atoms with Gasteiger partial charge in [-0.15, -0.1) is 8.78 Å². The van der Waals surface area contributed by atoms with Crippen LogP contribution in [0.4, 0.5) is 14.6 Å². The van der Waals surface area contributed by atoms with E-state index in [4.69, 9.17) is 11.6 Å². The molecule has 0 radical (unpaired) electrons. The summed E-state index contributed by atoms with van der Waals surface area (Å²) in [5.74, 6) is -1.42. The molecule has 1 aliphatic heterocycles. The highest BCUT2D eigenvalue weighted by molar-refractivity contribution is 6.33. The number of alkyl halides is 2. The third kappa shape index (κ3) is 3.81. The highest BCUT2D eigenvalue weighted by atomic mass is 35.5. The molecule has 0 bridgehead atoms. The van der Waals surface area contributed by atoms with Crippen molar-refractivity contribution in [3.05, 3.63) is 70.2 Å². The molecule has 2 heterocycles. The summed E-state index contributed by atoms with van der Waals surface area (Å²) in [5, 5.41) is 12.3. The monoisotopic (exact) mass is 490 g/mol. The Balaban J connectivity index is 0.00000180. The lowest BCUT2D eigenvalue weighted by Gasteiger charge is -2.17. The van der Waals surface area contributed by atoms with E-state index >= 15 is 0 Å². The Kier molecular flexibility index (Phi) is 4.98. The molecule has 10 heteroatoms. The number of nitrogens with zero attached hydrogens (tertiary/aromatic N) is 1. The quantitative estimate of drug-likeness (QED) is 0.462. The van der Waals surface area contributed by atoms with E-state index in [1.165, 1.54) is 24.3 Å². The van der Waals surface area contributed by atoms with Gasteiger partial charge in [-0.1, -0.05) is 29.8 Å². The first-order valence-corrected chi connectivity index (χ1v) is 10.7. The molecule has 1 aliphatic carbocycles. The first kappa shape index (κ1) is 22.1. The zero-order valence-corrected chi connectivity index (χ0v) is 18.5. The number of aromatic carboxylic acids is 1. The second-order valence-electron chi connectivity index (χ2n) is 8.23.